The molecule has 0 spiro atoms. The summed E-state index contributed by atoms with van der Waals surface area (Å²) in [4.78, 5) is 12.1. The monoisotopic (exact) mass is 322 g/mol. The number of benzene rings is 1. The summed E-state index contributed by atoms with van der Waals surface area (Å²) < 4.78 is 24.8. The number of allylic oxidation sites excluding steroid dienone is 1. The molecule has 0 atom stereocenters. The second kappa shape index (κ2) is 7.45. The first-order valence-electron chi connectivity index (χ1n) is 7.48. The molecule has 2 rings (SSSR count). The number of anilines is 1. The molecule has 1 aliphatic rings. The largest absolute Gasteiger partial charge is 0.352 e. The van der Waals surface area contributed by atoms with Crippen molar-refractivity contribution >= 4 is 21.6 Å². The fraction of sp³-hybridized carbons (Fsp3) is 0.438. The topological polar surface area (TPSA) is 75.3 Å². The van der Waals surface area contributed by atoms with Gasteiger partial charge in [-0.05, 0) is 50.3 Å². The highest BCUT2D eigenvalue weighted by molar-refractivity contribution is 7.92. The first-order valence-corrected chi connectivity index (χ1v) is 9.37. The summed E-state index contributed by atoms with van der Waals surface area (Å²) in [5, 5.41) is 2.88. The van der Waals surface area contributed by atoms with Crippen LogP contribution in [0.3, 0.4) is 0 Å². The molecule has 0 bridgehead atoms. The SMILES string of the molecule is CS(=O)(=O)Nc1cccc(C(=O)NCCC2=CCCCC2)c1. The van der Waals surface area contributed by atoms with E-state index in [0.717, 1.165) is 25.5 Å². The van der Waals surface area contributed by atoms with Gasteiger partial charge in [0.05, 0.1) is 6.26 Å². The lowest BCUT2D eigenvalue weighted by Gasteiger charge is -2.13. The third-order valence-electron chi connectivity index (χ3n) is 3.54. The van der Waals surface area contributed by atoms with E-state index in [-0.39, 0.29) is 5.91 Å². The molecule has 22 heavy (non-hydrogen) atoms. The minimum absolute atomic E-state index is 0.187. The lowest BCUT2D eigenvalue weighted by Crippen LogP contribution is -2.25. The number of sulfonamides is 1. The third kappa shape index (κ3) is 5.52. The summed E-state index contributed by atoms with van der Waals surface area (Å²) in [5.41, 5.74) is 2.26. The lowest BCUT2D eigenvalue weighted by atomic mass is 9.97. The van der Waals surface area contributed by atoms with Crippen molar-refractivity contribution in [1.29, 1.82) is 0 Å². The van der Waals surface area contributed by atoms with Gasteiger partial charge in [0.25, 0.3) is 5.91 Å². The van der Waals surface area contributed by atoms with Crippen molar-refractivity contribution in [2.24, 2.45) is 0 Å². The normalized spacial score (nSPS) is 15.0. The average Bonchev–Trinajstić information content (AvgIpc) is 2.47. The van der Waals surface area contributed by atoms with E-state index >= 15 is 0 Å². The number of nitrogens with one attached hydrogen (secondary N) is 2. The summed E-state index contributed by atoms with van der Waals surface area (Å²) in [6.45, 7) is 0.606. The maximum atomic E-state index is 12.1. The first-order chi connectivity index (χ1) is 10.4. The van der Waals surface area contributed by atoms with Crippen LogP contribution in [-0.2, 0) is 10.0 Å². The van der Waals surface area contributed by atoms with Crippen LogP contribution in [0, 0.1) is 0 Å². The molecule has 0 fully saturated rings. The Bertz CT molecular complexity index is 666. The molecule has 0 aliphatic heterocycles. The van der Waals surface area contributed by atoms with Crippen molar-refractivity contribution in [2.45, 2.75) is 32.1 Å². The van der Waals surface area contributed by atoms with Crippen LogP contribution in [0.2, 0.25) is 0 Å². The number of rotatable bonds is 6. The van der Waals surface area contributed by atoms with Gasteiger partial charge < -0.3 is 5.32 Å². The van der Waals surface area contributed by atoms with Gasteiger partial charge in [0.1, 0.15) is 0 Å². The first kappa shape index (κ1) is 16.5. The molecular weight excluding hydrogens is 300 g/mol. The maximum absolute atomic E-state index is 12.1. The molecule has 1 aliphatic carbocycles. The van der Waals surface area contributed by atoms with Gasteiger partial charge in [0.15, 0.2) is 0 Å². The Kier molecular flexibility index (Phi) is 5.60. The van der Waals surface area contributed by atoms with Crippen LogP contribution in [0.15, 0.2) is 35.9 Å². The van der Waals surface area contributed by atoms with Crippen LogP contribution >= 0.6 is 0 Å². The van der Waals surface area contributed by atoms with Crippen molar-refractivity contribution < 1.29 is 13.2 Å². The standard InChI is InChI=1S/C16H22N2O3S/c1-22(20,21)18-15-9-5-8-14(12-15)16(19)17-11-10-13-6-3-2-4-7-13/h5-6,8-9,12,18H,2-4,7,10-11H2,1H3,(H,17,19). The second-order valence-electron chi connectivity index (χ2n) is 5.57. The van der Waals surface area contributed by atoms with Crippen LogP contribution < -0.4 is 10.0 Å². The third-order valence-corrected chi connectivity index (χ3v) is 4.15. The second-order valence-corrected chi connectivity index (χ2v) is 7.32. The molecule has 1 aromatic carbocycles. The number of hydrogen-bond donors (Lipinski definition) is 2. The smallest absolute Gasteiger partial charge is 0.251 e. The quantitative estimate of drug-likeness (QED) is 0.791. The van der Waals surface area contributed by atoms with Gasteiger partial charge in [-0.2, -0.15) is 0 Å². The highest BCUT2D eigenvalue weighted by Gasteiger charge is 2.09. The summed E-state index contributed by atoms with van der Waals surface area (Å²) >= 11 is 0. The van der Waals surface area contributed by atoms with E-state index in [4.69, 9.17) is 0 Å². The van der Waals surface area contributed by atoms with E-state index in [0.29, 0.717) is 17.8 Å². The van der Waals surface area contributed by atoms with E-state index < -0.39 is 10.0 Å². The fourth-order valence-electron chi connectivity index (χ4n) is 2.51. The van der Waals surface area contributed by atoms with Crippen molar-refractivity contribution in [3.63, 3.8) is 0 Å². The highest BCUT2D eigenvalue weighted by Crippen LogP contribution is 2.19. The maximum Gasteiger partial charge on any atom is 0.251 e. The Balaban J connectivity index is 1.89. The Morgan fingerprint density at radius 1 is 1.27 bits per heavy atom. The summed E-state index contributed by atoms with van der Waals surface area (Å²) in [6, 6.07) is 6.48. The van der Waals surface area contributed by atoms with E-state index in [2.05, 4.69) is 16.1 Å². The van der Waals surface area contributed by atoms with Gasteiger partial charge in [-0.25, -0.2) is 8.42 Å². The molecule has 2 N–H and O–H groups in total. The molecule has 0 radical (unpaired) electrons. The molecule has 1 amide bonds. The molecular formula is C16H22N2O3S. The van der Waals surface area contributed by atoms with Crippen molar-refractivity contribution in [3.05, 3.63) is 41.5 Å². The molecule has 0 heterocycles. The lowest BCUT2D eigenvalue weighted by molar-refractivity contribution is 0.0954. The molecule has 0 unspecified atom stereocenters. The van der Waals surface area contributed by atoms with Gasteiger partial charge in [-0.15, -0.1) is 0 Å². The molecule has 120 valence electrons. The van der Waals surface area contributed by atoms with Gasteiger partial charge >= 0.3 is 0 Å². The number of amides is 1. The summed E-state index contributed by atoms with van der Waals surface area (Å²) in [7, 11) is -3.34. The summed E-state index contributed by atoms with van der Waals surface area (Å²) in [5.74, 6) is -0.187. The Hall–Kier alpha value is -1.82. The van der Waals surface area contributed by atoms with Crippen molar-refractivity contribution in [3.8, 4) is 0 Å². The van der Waals surface area contributed by atoms with Gasteiger partial charge in [-0.3, -0.25) is 9.52 Å². The molecule has 0 aromatic heterocycles. The average molecular weight is 322 g/mol. The number of hydrogen-bond acceptors (Lipinski definition) is 3. The summed E-state index contributed by atoms with van der Waals surface area (Å²) in [6.07, 6.45) is 9.00. The van der Waals surface area contributed by atoms with Gasteiger partial charge in [-0.1, -0.05) is 17.7 Å². The van der Waals surface area contributed by atoms with Crippen LogP contribution in [0.1, 0.15) is 42.5 Å². The Morgan fingerprint density at radius 2 is 2.09 bits per heavy atom. The molecule has 1 aromatic rings. The Morgan fingerprint density at radius 3 is 2.77 bits per heavy atom. The van der Waals surface area contributed by atoms with E-state index in [1.54, 1.807) is 18.2 Å². The van der Waals surface area contributed by atoms with Crippen LogP contribution in [0.4, 0.5) is 5.69 Å². The van der Waals surface area contributed by atoms with Crippen LogP contribution in [0.25, 0.3) is 0 Å². The van der Waals surface area contributed by atoms with E-state index in [1.807, 2.05) is 0 Å². The van der Waals surface area contributed by atoms with Gasteiger partial charge in [0.2, 0.25) is 10.0 Å². The minimum Gasteiger partial charge on any atom is -0.352 e. The number of carbonyl (C=O) groups excluding carboxylic acids is 1. The molecule has 0 saturated carbocycles. The van der Waals surface area contributed by atoms with Crippen LogP contribution in [-0.4, -0.2) is 27.1 Å². The zero-order valence-electron chi connectivity index (χ0n) is 12.8. The predicted molar refractivity (Wildman–Crippen MR) is 88.4 cm³/mol. The predicted octanol–water partition coefficient (Wildman–Crippen LogP) is 2.68. The van der Waals surface area contributed by atoms with Crippen molar-refractivity contribution in [2.75, 3.05) is 17.5 Å². The molecule has 5 nitrogen and oxygen atoms in total. The Labute approximate surface area is 131 Å². The minimum atomic E-state index is -3.34. The van der Waals surface area contributed by atoms with Crippen molar-refractivity contribution in [1.82, 2.24) is 5.32 Å². The van der Waals surface area contributed by atoms with E-state index in [1.165, 1.54) is 24.5 Å². The molecule has 0 saturated heterocycles. The molecule has 6 heteroatoms. The highest BCUT2D eigenvalue weighted by atomic mass is 32.2. The zero-order valence-corrected chi connectivity index (χ0v) is 13.6. The van der Waals surface area contributed by atoms with Crippen LogP contribution in [0.5, 0.6) is 0 Å². The fourth-order valence-corrected chi connectivity index (χ4v) is 3.06. The van der Waals surface area contributed by atoms with E-state index in [9.17, 15) is 13.2 Å². The van der Waals surface area contributed by atoms with Gasteiger partial charge in [0, 0.05) is 17.8 Å². The number of carbonyl (C=O) groups is 1. The zero-order chi connectivity index (χ0) is 16.0.